The van der Waals surface area contributed by atoms with Crippen LogP contribution in [0.25, 0.3) is 28.7 Å². The maximum Gasteiger partial charge on any atom is 0.249 e. The number of thioether (sulfide) groups is 1. The van der Waals surface area contributed by atoms with Crippen molar-refractivity contribution in [3.63, 3.8) is 0 Å². The summed E-state index contributed by atoms with van der Waals surface area (Å²) in [6.07, 6.45) is 1.61. The van der Waals surface area contributed by atoms with Gasteiger partial charge in [0.05, 0.1) is 22.6 Å². The molecule has 0 atom stereocenters. The Balaban J connectivity index is 1.43. The van der Waals surface area contributed by atoms with E-state index in [-0.39, 0.29) is 0 Å². The summed E-state index contributed by atoms with van der Waals surface area (Å²) in [5, 5.41) is 18.2. The number of para-hydroxylation sites is 1. The van der Waals surface area contributed by atoms with Crippen LogP contribution in [-0.2, 0) is 5.75 Å². The fourth-order valence-corrected chi connectivity index (χ4v) is 3.93. The number of nitrogens with zero attached hydrogens (tertiary/aromatic N) is 5. The fraction of sp³-hybridized carbons (Fsp3) is 0.0476. The highest BCUT2D eigenvalue weighted by Crippen LogP contribution is 2.31. The molecule has 5 aromatic rings. The Morgan fingerprint density at radius 3 is 2.50 bits per heavy atom. The van der Waals surface area contributed by atoms with Crippen LogP contribution >= 0.6 is 23.4 Å². The first-order valence-electron chi connectivity index (χ1n) is 9.04. The molecular formula is C21H14ClN5O2S. The van der Waals surface area contributed by atoms with Crippen LogP contribution in [0.2, 0.25) is 5.02 Å². The molecule has 148 valence electrons. The number of hydrogen-bond acceptors (Lipinski definition) is 7. The van der Waals surface area contributed by atoms with Crippen LogP contribution in [0.3, 0.4) is 0 Å². The van der Waals surface area contributed by atoms with Crippen LogP contribution in [-0.4, -0.2) is 25.0 Å². The predicted octanol–water partition coefficient (Wildman–Crippen LogP) is 5.52. The number of aromatic nitrogens is 5. The molecule has 0 spiro atoms. The highest BCUT2D eigenvalue weighted by Gasteiger charge is 2.19. The van der Waals surface area contributed by atoms with Crippen LogP contribution in [0, 0.1) is 0 Å². The summed E-state index contributed by atoms with van der Waals surface area (Å²) in [7, 11) is 0. The first-order valence-corrected chi connectivity index (χ1v) is 10.4. The van der Waals surface area contributed by atoms with E-state index in [9.17, 15) is 0 Å². The predicted molar refractivity (Wildman–Crippen MR) is 113 cm³/mol. The van der Waals surface area contributed by atoms with E-state index in [1.54, 1.807) is 12.3 Å². The first-order chi connectivity index (χ1) is 14.8. The van der Waals surface area contributed by atoms with Crippen molar-refractivity contribution < 1.29 is 8.83 Å². The molecule has 0 saturated carbocycles. The summed E-state index contributed by atoms with van der Waals surface area (Å²) >= 11 is 7.66. The van der Waals surface area contributed by atoms with Crippen molar-refractivity contribution >= 4 is 23.4 Å². The molecule has 0 fully saturated rings. The minimum absolute atomic E-state index is 0.386. The van der Waals surface area contributed by atoms with E-state index in [0.717, 1.165) is 5.69 Å². The van der Waals surface area contributed by atoms with Gasteiger partial charge in [-0.2, -0.15) is 0 Å². The van der Waals surface area contributed by atoms with Gasteiger partial charge in [-0.3, -0.25) is 4.57 Å². The van der Waals surface area contributed by atoms with Crippen molar-refractivity contribution in [3.8, 4) is 28.7 Å². The lowest BCUT2D eigenvalue weighted by Crippen LogP contribution is -1.99. The summed E-state index contributed by atoms with van der Waals surface area (Å²) in [5.41, 5.74) is 1.63. The molecule has 7 nitrogen and oxygen atoms in total. The van der Waals surface area contributed by atoms with E-state index in [1.165, 1.54) is 11.8 Å². The lowest BCUT2D eigenvalue weighted by atomic mass is 10.2. The third-order valence-corrected chi connectivity index (χ3v) is 5.53. The number of benzene rings is 2. The molecule has 0 radical (unpaired) electrons. The van der Waals surface area contributed by atoms with Crippen LogP contribution in [0.5, 0.6) is 0 Å². The molecule has 9 heteroatoms. The van der Waals surface area contributed by atoms with Crippen molar-refractivity contribution in [2.24, 2.45) is 0 Å². The molecule has 0 aliphatic heterocycles. The van der Waals surface area contributed by atoms with Crippen molar-refractivity contribution in [1.82, 2.24) is 25.0 Å². The van der Waals surface area contributed by atoms with Crippen LogP contribution in [0.4, 0.5) is 0 Å². The van der Waals surface area contributed by atoms with E-state index in [1.807, 2.05) is 65.2 Å². The number of rotatable bonds is 6. The van der Waals surface area contributed by atoms with Gasteiger partial charge in [-0.25, -0.2) is 0 Å². The van der Waals surface area contributed by atoms with Crippen LogP contribution in [0.15, 0.2) is 87.0 Å². The molecule has 3 heterocycles. The second-order valence-corrected chi connectivity index (χ2v) is 7.57. The Kier molecular flexibility index (Phi) is 5.08. The minimum atomic E-state index is 0.386. The van der Waals surface area contributed by atoms with Gasteiger partial charge in [0.1, 0.15) is 0 Å². The lowest BCUT2D eigenvalue weighted by molar-refractivity contribution is 0.528. The standard InChI is InChI=1S/C21H14ClN5O2S/c22-16-10-5-4-9-15(16)20-25-23-18(29-20)13-30-21-26-24-19(17-11-6-12-28-17)27(21)14-7-2-1-3-8-14/h1-12H,13H2. The van der Waals surface area contributed by atoms with E-state index in [4.69, 9.17) is 20.4 Å². The quantitative estimate of drug-likeness (QED) is 0.324. The number of hydrogen-bond donors (Lipinski definition) is 0. The highest BCUT2D eigenvalue weighted by atomic mass is 35.5. The van der Waals surface area contributed by atoms with Crippen molar-refractivity contribution in [1.29, 1.82) is 0 Å². The van der Waals surface area contributed by atoms with Gasteiger partial charge >= 0.3 is 0 Å². The van der Waals surface area contributed by atoms with Crippen molar-refractivity contribution in [3.05, 3.63) is 83.9 Å². The van der Waals surface area contributed by atoms with Crippen LogP contribution in [0.1, 0.15) is 5.89 Å². The zero-order chi connectivity index (χ0) is 20.3. The van der Waals surface area contributed by atoms with Gasteiger partial charge in [0.2, 0.25) is 17.6 Å². The van der Waals surface area contributed by atoms with Crippen LogP contribution < -0.4 is 0 Å². The molecule has 2 aromatic carbocycles. The van der Waals surface area contributed by atoms with E-state index >= 15 is 0 Å². The maximum atomic E-state index is 6.22. The topological polar surface area (TPSA) is 82.8 Å². The normalized spacial score (nSPS) is 11.1. The molecular weight excluding hydrogens is 422 g/mol. The lowest BCUT2D eigenvalue weighted by Gasteiger charge is -2.08. The van der Waals surface area contributed by atoms with Gasteiger partial charge in [0.15, 0.2) is 10.9 Å². The third kappa shape index (κ3) is 3.62. The van der Waals surface area contributed by atoms with E-state index < -0.39 is 0 Å². The fourth-order valence-electron chi connectivity index (χ4n) is 2.92. The molecule has 0 aliphatic carbocycles. The van der Waals surface area contributed by atoms with Gasteiger partial charge < -0.3 is 8.83 Å². The Labute approximate surface area is 180 Å². The third-order valence-electron chi connectivity index (χ3n) is 4.29. The van der Waals surface area contributed by atoms with Gasteiger partial charge in [-0.1, -0.05) is 53.7 Å². The van der Waals surface area contributed by atoms with Gasteiger partial charge in [0, 0.05) is 5.69 Å². The summed E-state index contributed by atoms with van der Waals surface area (Å²) < 4.78 is 13.3. The van der Waals surface area contributed by atoms with E-state index in [0.29, 0.717) is 44.9 Å². The molecule has 5 rings (SSSR count). The summed E-state index contributed by atoms with van der Waals surface area (Å²) in [5.74, 6) is 2.54. The molecule has 30 heavy (non-hydrogen) atoms. The SMILES string of the molecule is Clc1ccccc1-c1nnc(CSc2nnc(-c3ccco3)n2-c2ccccc2)o1. The average Bonchev–Trinajstić information content (AvgIpc) is 3.53. The Morgan fingerprint density at radius 1 is 0.867 bits per heavy atom. The Bertz CT molecular complexity index is 1270. The zero-order valence-corrected chi connectivity index (χ0v) is 17.0. The molecule has 3 aromatic heterocycles. The van der Waals surface area contributed by atoms with Crippen molar-refractivity contribution in [2.75, 3.05) is 0 Å². The summed E-state index contributed by atoms with van der Waals surface area (Å²) in [6, 6.07) is 20.9. The Hall–Kier alpha value is -3.36. The van der Waals surface area contributed by atoms with Crippen molar-refractivity contribution in [2.45, 2.75) is 10.9 Å². The number of halogens is 1. The molecule has 0 unspecified atom stereocenters. The largest absolute Gasteiger partial charge is 0.461 e. The maximum absolute atomic E-state index is 6.22. The van der Waals surface area contributed by atoms with Gasteiger partial charge in [0.25, 0.3) is 0 Å². The first kappa shape index (κ1) is 18.7. The number of furan rings is 1. The molecule has 0 saturated heterocycles. The highest BCUT2D eigenvalue weighted by molar-refractivity contribution is 7.98. The molecule has 0 aliphatic rings. The second-order valence-electron chi connectivity index (χ2n) is 6.22. The van der Waals surface area contributed by atoms with E-state index in [2.05, 4.69) is 20.4 Å². The molecule has 0 bridgehead atoms. The summed E-state index contributed by atoms with van der Waals surface area (Å²) in [4.78, 5) is 0. The Morgan fingerprint density at radius 2 is 1.70 bits per heavy atom. The minimum Gasteiger partial charge on any atom is -0.461 e. The smallest absolute Gasteiger partial charge is 0.249 e. The average molecular weight is 436 g/mol. The van der Waals surface area contributed by atoms with Gasteiger partial charge in [-0.15, -0.1) is 20.4 Å². The monoisotopic (exact) mass is 435 g/mol. The second kappa shape index (κ2) is 8.17. The zero-order valence-electron chi connectivity index (χ0n) is 15.5. The molecule has 0 N–H and O–H groups in total. The van der Waals surface area contributed by atoms with Gasteiger partial charge in [-0.05, 0) is 36.4 Å². The summed E-state index contributed by atoms with van der Waals surface area (Å²) in [6.45, 7) is 0. The molecule has 0 amide bonds.